The number of benzene rings is 1. The Labute approximate surface area is 95.5 Å². The third kappa shape index (κ3) is 3.87. The first-order valence-corrected chi connectivity index (χ1v) is 5.66. The van der Waals surface area contributed by atoms with Gasteiger partial charge in [-0.3, -0.25) is 0 Å². The molecule has 0 spiro atoms. The molecule has 1 nitrogen and oxygen atoms in total. The molecule has 0 fully saturated rings. The van der Waals surface area contributed by atoms with E-state index in [9.17, 15) is 0 Å². The van der Waals surface area contributed by atoms with Crippen LogP contribution >= 0.6 is 38.5 Å². The fourth-order valence-corrected chi connectivity index (χ4v) is 1.58. The predicted octanol–water partition coefficient (Wildman–Crippen LogP) is 3.57. The molecule has 12 heavy (non-hydrogen) atoms. The lowest BCUT2D eigenvalue weighted by molar-refractivity contribution is 0.281. The molecule has 0 bridgehead atoms. The van der Waals surface area contributed by atoms with Gasteiger partial charge in [0, 0.05) is 8.04 Å². The van der Waals surface area contributed by atoms with Crippen LogP contribution in [0.3, 0.4) is 0 Å². The van der Waals surface area contributed by atoms with Crippen molar-refractivity contribution in [3.05, 3.63) is 31.8 Å². The van der Waals surface area contributed by atoms with Crippen LogP contribution in [0.5, 0.6) is 0 Å². The molecule has 0 saturated carbocycles. The van der Waals surface area contributed by atoms with Gasteiger partial charge in [0.25, 0.3) is 0 Å². The molecule has 0 unspecified atom stereocenters. The van der Waals surface area contributed by atoms with Gasteiger partial charge < -0.3 is 5.11 Å². The molecule has 0 aliphatic heterocycles. The fourth-order valence-electron chi connectivity index (χ4n) is 0.664. The Morgan fingerprint density at radius 1 is 1.42 bits per heavy atom. The SMILES string of the molecule is CC.OCc1cc(Br)ccc1I. The molecule has 0 aliphatic carbocycles. The molecule has 1 rings (SSSR count). The highest BCUT2D eigenvalue weighted by Gasteiger charge is 1.96. The number of halogens is 2. The molecule has 0 saturated heterocycles. The van der Waals surface area contributed by atoms with Gasteiger partial charge in [-0.05, 0) is 46.4 Å². The summed E-state index contributed by atoms with van der Waals surface area (Å²) in [6.45, 7) is 4.11. The fraction of sp³-hybridized carbons (Fsp3) is 0.333. The van der Waals surface area contributed by atoms with Crippen LogP contribution in [0.25, 0.3) is 0 Å². The van der Waals surface area contributed by atoms with Crippen molar-refractivity contribution >= 4 is 38.5 Å². The molecule has 0 aliphatic rings. The van der Waals surface area contributed by atoms with Gasteiger partial charge in [-0.25, -0.2) is 0 Å². The molecular formula is C9H12BrIO. The highest BCUT2D eigenvalue weighted by molar-refractivity contribution is 14.1. The summed E-state index contributed by atoms with van der Waals surface area (Å²) in [7, 11) is 0. The van der Waals surface area contributed by atoms with Crippen LogP contribution in [-0.4, -0.2) is 5.11 Å². The zero-order valence-electron chi connectivity index (χ0n) is 7.14. The summed E-state index contributed by atoms with van der Waals surface area (Å²) < 4.78 is 2.11. The minimum Gasteiger partial charge on any atom is -0.392 e. The molecule has 1 N–H and O–H groups in total. The summed E-state index contributed by atoms with van der Waals surface area (Å²) in [5, 5.41) is 8.82. The monoisotopic (exact) mass is 342 g/mol. The minimum absolute atomic E-state index is 0.109. The van der Waals surface area contributed by atoms with E-state index in [0.29, 0.717) is 0 Å². The van der Waals surface area contributed by atoms with Crippen LogP contribution in [0.1, 0.15) is 19.4 Å². The molecule has 0 heterocycles. The molecule has 0 amide bonds. The number of hydrogen-bond acceptors (Lipinski definition) is 1. The first-order valence-electron chi connectivity index (χ1n) is 3.79. The largest absolute Gasteiger partial charge is 0.392 e. The lowest BCUT2D eigenvalue weighted by Gasteiger charge is -1.99. The van der Waals surface area contributed by atoms with Gasteiger partial charge in [0.05, 0.1) is 6.61 Å². The van der Waals surface area contributed by atoms with Gasteiger partial charge >= 0.3 is 0 Å². The molecule has 1 aromatic carbocycles. The van der Waals surface area contributed by atoms with E-state index in [0.717, 1.165) is 13.6 Å². The smallest absolute Gasteiger partial charge is 0.0692 e. The normalized spacial score (nSPS) is 8.75. The molecule has 0 aromatic heterocycles. The lowest BCUT2D eigenvalue weighted by Crippen LogP contribution is -1.86. The molecular weight excluding hydrogens is 331 g/mol. The van der Waals surface area contributed by atoms with E-state index < -0.39 is 0 Å². The Kier molecular flexibility index (Phi) is 7.08. The van der Waals surface area contributed by atoms with E-state index in [-0.39, 0.29) is 6.61 Å². The van der Waals surface area contributed by atoms with Crippen molar-refractivity contribution in [2.45, 2.75) is 20.5 Å². The van der Waals surface area contributed by atoms with Crippen LogP contribution in [0.15, 0.2) is 22.7 Å². The molecule has 1 aromatic rings. The van der Waals surface area contributed by atoms with Crippen LogP contribution in [0.2, 0.25) is 0 Å². The van der Waals surface area contributed by atoms with Crippen molar-refractivity contribution in [3.8, 4) is 0 Å². The maximum absolute atomic E-state index is 8.82. The zero-order valence-corrected chi connectivity index (χ0v) is 10.9. The Morgan fingerprint density at radius 3 is 2.42 bits per heavy atom. The van der Waals surface area contributed by atoms with Crippen LogP contribution in [0.4, 0.5) is 0 Å². The molecule has 3 heteroatoms. The second-order valence-electron chi connectivity index (χ2n) is 1.89. The van der Waals surface area contributed by atoms with Crippen molar-refractivity contribution in [3.63, 3.8) is 0 Å². The first kappa shape index (κ1) is 12.4. The van der Waals surface area contributed by atoms with E-state index in [4.69, 9.17) is 5.11 Å². The maximum atomic E-state index is 8.82. The highest BCUT2D eigenvalue weighted by atomic mass is 127. The van der Waals surface area contributed by atoms with E-state index >= 15 is 0 Å². The van der Waals surface area contributed by atoms with Gasteiger partial charge in [-0.1, -0.05) is 29.8 Å². The van der Waals surface area contributed by atoms with Crippen molar-refractivity contribution in [1.29, 1.82) is 0 Å². The average molecular weight is 343 g/mol. The summed E-state index contributed by atoms with van der Waals surface area (Å²) in [5.41, 5.74) is 0.968. The second-order valence-corrected chi connectivity index (χ2v) is 3.97. The number of hydrogen-bond donors (Lipinski definition) is 1. The van der Waals surface area contributed by atoms with E-state index in [1.165, 1.54) is 0 Å². The zero-order chi connectivity index (χ0) is 9.56. The number of aliphatic hydroxyl groups is 1. The summed E-state index contributed by atoms with van der Waals surface area (Å²) in [6.07, 6.45) is 0. The third-order valence-corrected chi connectivity index (χ3v) is 2.72. The van der Waals surface area contributed by atoms with Crippen LogP contribution < -0.4 is 0 Å². The highest BCUT2D eigenvalue weighted by Crippen LogP contribution is 2.17. The van der Waals surface area contributed by atoms with Crippen molar-refractivity contribution in [2.75, 3.05) is 0 Å². The lowest BCUT2D eigenvalue weighted by atomic mass is 10.2. The minimum atomic E-state index is 0.109. The van der Waals surface area contributed by atoms with E-state index in [2.05, 4.69) is 38.5 Å². The Bertz CT molecular complexity index is 238. The Morgan fingerprint density at radius 2 is 2.00 bits per heavy atom. The summed E-state index contributed by atoms with van der Waals surface area (Å²) >= 11 is 5.52. The van der Waals surface area contributed by atoms with Crippen molar-refractivity contribution < 1.29 is 5.11 Å². The van der Waals surface area contributed by atoms with Crippen LogP contribution in [-0.2, 0) is 6.61 Å². The molecule has 68 valence electrons. The molecule has 0 atom stereocenters. The third-order valence-electron chi connectivity index (χ3n) is 1.18. The Hall–Kier alpha value is 0.390. The van der Waals surface area contributed by atoms with Crippen LogP contribution in [0, 0.1) is 3.57 Å². The van der Waals surface area contributed by atoms with Gasteiger partial charge in [0.1, 0.15) is 0 Å². The van der Waals surface area contributed by atoms with Gasteiger partial charge in [-0.2, -0.15) is 0 Å². The quantitative estimate of drug-likeness (QED) is 0.773. The summed E-state index contributed by atoms with van der Waals surface area (Å²) in [5.74, 6) is 0. The molecule has 0 radical (unpaired) electrons. The summed E-state index contributed by atoms with van der Waals surface area (Å²) in [6, 6.07) is 5.85. The number of aliphatic hydroxyl groups excluding tert-OH is 1. The number of rotatable bonds is 1. The standard InChI is InChI=1S/C7H6BrIO.C2H6/c8-6-1-2-7(9)5(3-6)4-10;1-2/h1-3,10H,4H2;1-2H3. The summed E-state index contributed by atoms with van der Waals surface area (Å²) in [4.78, 5) is 0. The first-order chi connectivity index (χ1) is 5.74. The second kappa shape index (κ2) is 6.86. The maximum Gasteiger partial charge on any atom is 0.0692 e. The topological polar surface area (TPSA) is 20.2 Å². The predicted molar refractivity (Wildman–Crippen MR) is 64.1 cm³/mol. The van der Waals surface area contributed by atoms with E-state index in [1.54, 1.807) is 0 Å². The Balaban J connectivity index is 0.000000561. The average Bonchev–Trinajstić information content (AvgIpc) is 2.13. The van der Waals surface area contributed by atoms with E-state index in [1.807, 2.05) is 32.0 Å². The van der Waals surface area contributed by atoms with Gasteiger partial charge in [0.15, 0.2) is 0 Å². The van der Waals surface area contributed by atoms with Crippen molar-refractivity contribution in [2.24, 2.45) is 0 Å². The van der Waals surface area contributed by atoms with Gasteiger partial charge in [0.2, 0.25) is 0 Å². The van der Waals surface area contributed by atoms with Gasteiger partial charge in [-0.15, -0.1) is 0 Å². The van der Waals surface area contributed by atoms with Crippen molar-refractivity contribution in [1.82, 2.24) is 0 Å².